The van der Waals surface area contributed by atoms with Crippen LogP contribution in [0.25, 0.3) is 0 Å². The average molecular weight is 425 g/mol. The standard InChI is InChI=1S/C18H21BrN2O3S/c1-18(2,3)21-25(23,24)16-9-7-14(8-10-16)17(22)20-12-13-5-4-6-15(19)11-13/h4-11,21H,12H2,1-3H3,(H,20,22). The summed E-state index contributed by atoms with van der Waals surface area (Å²) < 4.78 is 28.0. The van der Waals surface area contributed by atoms with E-state index in [0.717, 1.165) is 10.0 Å². The van der Waals surface area contributed by atoms with Gasteiger partial charge in [-0.25, -0.2) is 13.1 Å². The van der Waals surface area contributed by atoms with E-state index in [4.69, 9.17) is 0 Å². The van der Waals surface area contributed by atoms with Gasteiger partial charge in [0.05, 0.1) is 4.90 Å². The Balaban J connectivity index is 2.05. The summed E-state index contributed by atoms with van der Waals surface area (Å²) in [6.45, 7) is 5.71. The van der Waals surface area contributed by atoms with Gasteiger partial charge in [-0.3, -0.25) is 4.79 Å². The Hall–Kier alpha value is -1.70. The highest BCUT2D eigenvalue weighted by Gasteiger charge is 2.22. The van der Waals surface area contributed by atoms with E-state index >= 15 is 0 Å². The van der Waals surface area contributed by atoms with Gasteiger partial charge in [0.25, 0.3) is 5.91 Å². The van der Waals surface area contributed by atoms with Crippen molar-refractivity contribution in [3.63, 3.8) is 0 Å². The summed E-state index contributed by atoms with van der Waals surface area (Å²) >= 11 is 3.39. The van der Waals surface area contributed by atoms with E-state index in [-0.39, 0.29) is 10.8 Å². The lowest BCUT2D eigenvalue weighted by Gasteiger charge is -2.20. The third-order valence-corrected chi connectivity index (χ3v) is 5.48. The maximum Gasteiger partial charge on any atom is 0.251 e. The quantitative estimate of drug-likeness (QED) is 0.771. The summed E-state index contributed by atoms with van der Waals surface area (Å²) in [6, 6.07) is 13.5. The molecule has 0 saturated heterocycles. The Morgan fingerprint density at radius 1 is 1.08 bits per heavy atom. The van der Waals surface area contributed by atoms with Crippen molar-refractivity contribution in [1.29, 1.82) is 0 Å². The zero-order chi connectivity index (χ0) is 18.7. The van der Waals surface area contributed by atoms with Gasteiger partial charge in [0.15, 0.2) is 0 Å². The molecule has 0 bridgehead atoms. The molecule has 0 saturated carbocycles. The summed E-state index contributed by atoms with van der Waals surface area (Å²) in [4.78, 5) is 12.3. The molecule has 0 aliphatic rings. The van der Waals surface area contributed by atoms with Crippen LogP contribution in [-0.4, -0.2) is 19.9 Å². The van der Waals surface area contributed by atoms with Crippen LogP contribution < -0.4 is 10.0 Å². The Labute approximate surface area is 157 Å². The van der Waals surface area contributed by atoms with Crippen molar-refractivity contribution < 1.29 is 13.2 Å². The fourth-order valence-electron chi connectivity index (χ4n) is 2.18. The molecule has 2 rings (SSSR count). The molecule has 2 N–H and O–H groups in total. The van der Waals surface area contributed by atoms with Gasteiger partial charge in [-0.15, -0.1) is 0 Å². The predicted molar refractivity (Wildman–Crippen MR) is 102 cm³/mol. The highest BCUT2D eigenvalue weighted by atomic mass is 79.9. The second kappa shape index (κ2) is 7.68. The topological polar surface area (TPSA) is 75.3 Å². The second-order valence-electron chi connectivity index (χ2n) is 6.69. The molecular formula is C18H21BrN2O3S. The van der Waals surface area contributed by atoms with Crippen molar-refractivity contribution in [3.8, 4) is 0 Å². The molecule has 0 spiro atoms. The molecule has 2 aromatic rings. The Bertz CT molecular complexity index is 857. The summed E-state index contributed by atoms with van der Waals surface area (Å²) in [7, 11) is -3.61. The predicted octanol–water partition coefficient (Wildman–Crippen LogP) is 3.46. The largest absolute Gasteiger partial charge is 0.348 e. The van der Waals surface area contributed by atoms with Crippen LogP contribution in [0.5, 0.6) is 0 Å². The van der Waals surface area contributed by atoms with Gasteiger partial charge >= 0.3 is 0 Å². The number of benzene rings is 2. The highest BCUT2D eigenvalue weighted by molar-refractivity contribution is 9.10. The Morgan fingerprint density at radius 3 is 2.28 bits per heavy atom. The summed E-state index contributed by atoms with van der Waals surface area (Å²) in [5, 5.41) is 2.81. The number of nitrogens with one attached hydrogen (secondary N) is 2. The Kier molecular flexibility index (Phi) is 6.03. The van der Waals surface area contributed by atoms with Crippen LogP contribution in [0.4, 0.5) is 0 Å². The van der Waals surface area contributed by atoms with Gasteiger partial charge < -0.3 is 5.32 Å². The van der Waals surface area contributed by atoms with Gasteiger partial charge in [0.1, 0.15) is 0 Å². The first-order valence-electron chi connectivity index (χ1n) is 7.73. The molecule has 0 heterocycles. The molecule has 134 valence electrons. The van der Waals surface area contributed by atoms with Crippen molar-refractivity contribution in [3.05, 3.63) is 64.1 Å². The van der Waals surface area contributed by atoms with E-state index < -0.39 is 15.6 Å². The van der Waals surface area contributed by atoms with Crippen LogP contribution >= 0.6 is 15.9 Å². The first kappa shape index (κ1) is 19.6. The number of halogens is 1. The first-order chi connectivity index (χ1) is 11.6. The summed E-state index contributed by atoms with van der Waals surface area (Å²) in [5.74, 6) is -0.257. The van der Waals surface area contributed by atoms with E-state index in [1.807, 2.05) is 24.3 Å². The monoisotopic (exact) mass is 424 g/mol. The van der Waals surface area contributed by atoms with Crippen LogP contribution in [0.1, 0.15) is 36.7 Å². The molecule has 5 nitrogen and oxygen atoms in total. The first-order valence-corrected chi connectivity index (χ1v) is 10.0. The van der Waals surface area contributed by atoms with Crippen LogP contribution in [0, 0.1) is 0 Å². The zero-order valence-corrected chi connectivity index (χ0v) is 16.7. The van der Waals surface area contributed by atoms with Crippen molar-refractivity contribution in [1.82, 2.24) is 10.0 Å². The zero-order valence-electron chi connectivity index (χ0n) is 14.3. The van der Waals surface area contributed by atoms with Crippen LogP contribution in [0.2, 0.25) is 0 Å². The molecule has 7 heteroatoms. The third-order valence-electron chi connectivity index (χ3n) is 3.21. The lowest BCUT2D eigenvalue weighted by Crippen LogP contribution is -2.40. The molecule has 0 aliphatic carbocycles. The fourth-order valence-corrected chi connectivity index (χ4v) is 4.04. The number of carbonyl (C=O) groups is 1. The average Bonchev–Trinajstić information content (AvgIpc) is 2.50. The molecule has 2 aromatic carbocycles. The molecule has 25 heavy (non-hydrogen) atoms. The van der Waals surface area contributed by atoms with E-state index in [1.165, 1.54) is 24.3 Å². The third kappa shape index (κ3) is 5.95. The Morgan fingerprint density at radius 2 is 1.72 bits per heavy atom. The van der Waals surface area contributed by atoms with Crippen molar-refractivity contribution in [2.24, 2.45) is 0 Å². The van der Waals surface area contributed by atoms with E-state index in [2.05, 4.69) is 26.0 Å². The second-order valence-corrected chi connectivity index (χ2v) is 9.29. The van der Waals surface area contributed by atoms with Gasteiger partial charge in [-0.1, -0.05) is 28.1 Å². The smallest absolute Gasteiger partial charge is 0.251 e. The van der Waals surface area contributed by atoms with Gasteiger partial charge in [-0.05, 0) is 62.7 Å². The van der Waals surface area contributed by atoms with Gasteiger partial charge in [0.2, 0.25) is 10.0 Å². The van der Waals surface area contributed by atoms with Crippen LogP contribution in [0.15, 0.2) is 57.9 Å². The number of carbonyl (C=O) groups excluding carboxylic acids is 1. The lowest BCUT2D eigenvalue weighted by molar-refractivity contribution is 0.0951. The number of sulfonamides is 1. The molecule has 1 amide bonds. The molecule has 0 unspecified atom stereocenters. The minimum Gasteiger partial charge on any atom is -0.348 e. The molecule has 0 radical (unpaired) electrons. The van der Waals surface area contributed by atoms with E-state index in [1.54, 1.807) is 20.8 Å². The minimum absolute atomic E-state index is 0.131. The lowest BCUT2D eigenvalue weighted by atomic mass is 10.1. The SMILES string of the molecule is CC(C)(C)NS(=O)(=O)c1ccc(C(=O)NCc2cccc(Br)c2)cc1. The van der Waals surface area contributed by atoms with Crippen molar-refractivity contribution in [2.45, 2.75) is 37.8 Å². The fraction of sp³-hybridized carbons (Fsp3) is 0.278. The molecule has 0 atom stereocenters. The number of rotatable bonds is 5. The molecule has 0 aromatic heterocycles. The van der Waals surface area contributed by atoms with Crippen LogP contribution in [0.3, 0.4) is 0 Å². The summed E-state index contributed by atoms with van der Waals surface area (Å²) in [6.07, 6.45) is 0. The maximum absolute atomic E-state index is 12.3. The van der Waals surface area contributed by atoms with E-state index in [9.17, 15) is 13.2 Å². The molecular weight excluding hydrogens is 404 g/mol. The van der Waals surface area contributed by atoms with E-state index in [0.29, 0.717) is 12.1 Å². The minimum atomic E-state index is -3.61. The van der Waals surface area contributed by atoms with Gasteiger partial charge in [-0.2, -0.15) is 0 Å². The number of hydrogen-bond acceptors (Lipinski definition) is 3. The normalized spacial score (nSPS) is 12.0. The number of amides is 1. The van der Waals surface area contributed by atoms with Crippen molar-refractivity contribution in [2.75, 3.05) is 0 Å². The summed E-state index contributed by atoms with van der Waals surface area (Å²) in [5.41, 5.74) is 0.805. The maximum atomic E-state index is 12.3. The number of hydrogen-bond donors (Lipinski definition) is 2. The molecule has 0 aliphatic heterocycles. The highest BCUT2D eigenvalue weighted by Crippen LogP contribution is 2.15. The van der Waals surface area contributed by atoms with Crippen LogP contribution in [-0.2, 0) is 16.6 Å². The van der Waals surface area contributed by atoms with Crippen molar-refractivity contribution >= 4 is 31.9 Å². The van der Waals surface area contributed by atoms with Gasteiger partial charge in [0, 0.05) is 22.1 Å². The molecule has 0 fully saturated rings.